The smallest absolute Gasteiger partial charge is 0.243 e. The predicted molar refractivity (Wildman–Crippen MR) is 144 cm³/mol. The molecule has 1 aliphatic heterocycles. The zero-order chi connectivity index (χ0) is 26.9. The van der Waals surface area contributed by atoms with Crippen LogP contribution in [0.4, 0.5) is 4.39 Å². The molecule has 0 aliphatic carbocycles. The number of benzene rings is 3. The number of nitrogens with one attached hydrogen (secondary N) is 1. The Labute approximate surface area is 223 Å². The fourth-order valence-corrected chi connectivity index (χ4v) is 4.40. The molecule has 7 heteroatoms. The van der Waals surface area contributed by atoms with Gasteiger partial charge in [0.1, 0.15) is 25.1 Å². The molecule has 4 rings (SSSR count). The first-order chi connectivity index (χ1) is 18.4. The number of amides is 2. The molecule has 1 aliphatic rings. The summed E-state index contributed by atoms with van der Waals surface area (Å²) in [6, 6.07) is 20.7. The second kappa shape index (κ2) is 13.1. The lowest BCUT2D eigenvalue weighted by Gasteiger charge is -2.32. The van der Waals surface area contributed by atoms with Gasteiger partial charge in [-0.05, 0) is 53.3 Å². The van der Waals surface area contributed by atoms with Crippen LogP contribution in [0.15, 0.2) is 72.8 Å². The minimum Gasteiger partial charge on any atom is -0.486 e. The van der Waals surface area contributed by atoms with E-state index in [1.54, 1.807) is 17.0 Å². The van der Waals surface area contributed by atoms with E-state index in [1.807, 2.05) is 62.4 Å². The Kier molecular flexibility index (Phi) is 9.35. The number of aryl methyl sites for hydroxylation is 1. The Morgan fingerprint density at radius 2 is 1.58 bits per heavy atom. The van der Waals surface area contributed by atoms with Gasteiger partial charge in [-0.2, -0.15) is 0 Å². The van der Waals surface area contributed by atoms with E-state index in [1.165, 1.54) is 12.1 Å². The highest BCUT2D eigenvalue weighted by Gasteiger charge is 2.30. The number of carbonyl (C=O) groups is 2. The van der Waals surface area contributed by atoms with Crippen molar-refractivity contribution in [3.05, 3.63) is 95.3 Å². The van der Waals surface area contributed by atoms with Crippen LogP contribution in [0.2, 0.25) is 0 Å². The lowest BCUT2D eigenvalue weighted by Crippen LogP contribution is -2.51. The summed E-state index contributed by atoms with van der Waals surface area (Å²) in [5.41, 5.74) is 2.67. The van der Waals surface area contributed by atoms with Crippen molar-refractivity contribution in [3.63, 3.8) is 0 Å². The molecule has 0 bridgehead atoms. The summed E-state index contributed by atoms with van der Waals surface area (Å²) >= 11 is 0. The number of nitrogens with zero attached hydrogens (tertiary/aromatic N) is 1. The summed E-state index contributed by atoms with van der Waals surface area (Å²) in [7, 11) is 0. The van der Waals surface area contributed by atoms with Gasteiger partial charge in [0, 0.05) is 25.9 Å². The first kappa shape index (κ1) is 27.2. The van der Waals surface area contributed by atoms with Gasteiger partial charge in [-0.3, -0.25) is 9.59 Å². The number of hydrogen-bond acceptors (Lipinski definition) is 4. The van der Waals surface area contributed by atoms with Crippen molar-refractivity contribution in [2.24, 2.45) is 5.92 Å². The molecule has 0 saturated carbocycles. The number of rotatable bonds is 11. The molecule has 200 valence electrons. The van der Waals surface area contributed by atoms with Crippen LogP contribution in [0.25, 0.3) is 0 Å². The second-order valence-corrected chi connectivity index (χ2v) is 9.97. The van der Waals surface area contributed by atoms with Crippen molar-refractivity contribution in [1.29, 1.82) is 0 Å². The Morgan fingerprint density at radius 1 is 0.895 bits per heavy atom. The van der Waals surface area contributed by atoms with Gasteiger partial charge >= 0.3 is 0 Å². The SMILES string of the molecule is CC(C)CNC(=O)[C@@H](Cc1ccccc1)N(Cc1ccc(F)cc1)C(=O)CCc1ccc2c(c1)OCCO2. The van der Waals surface area contributed by atoms with E-state index in [-0.39, 0.29) is 36.5 Å². The summed E-state index contributed by atoms with van der Waals surface area (Å²) in [5.74, 6) is 0.962. The Balaban J connectivity index is 1.58. The number of carbonyl (C=O) groups excluding carboxylic acids is 2. The van der Waals surface area contributed by atoms with E-state index in [9.17, 15) is 14.0 Å². The number of fused-ring (bicyclic) bond motifs is 1. The van der Waals surface area contributed by atoms with Crippen LogP contribution < -0.4 is 14.8 Å². The van der Waals surface area contributed by atoms with E-state index in [2.05, 4.69) is 5.32 Å². The molecular formula is C31H35FN2O4. The lowest BCUT2D eigenvalue weighted by atomic mass is 10.0. The fourth-order valence-electron chi connectivity index (χ4n) is 4.40. The van der Waals surface area contributed by atoms with Gasteiger partial charge in [0.25, 0.3) is 0 Å². The molecule has 0 saturated heterocycles. The maximum Gasteiger partial charge on any atom is 0.243 e. The predicted octanol–water partition coefficient (Wildman–Crippen LogP) is 4.94. The zero-order valence-electron chi connectivity index (χ0n) is 22.0. The Bertz CT molecular complexity index is 1210. The topological polar surface area (TPSA) is 67.9 Å². The first-order valence-electron chi connectivity index (χ1n) is 13.1. The van der Waals surface area contributed by atoms with Crippen LogP contribution in [0.3, 0.4) is 0 Å². The normalized spacial score (nSPS) is 13.2. The van der Waals surface area contributed by atoms with Crippen LogP contribution in [0.5, 0.6) is 11.5 Å². The molecule has 3 aromatic rings. The molecule has 1 atom stereocenters. The Morgan fingerprint density at radius 3 is 2.29 bits per heavy atom. The molecule has 0 unspecified atom stereocenters. The van der Waals surface area contributed by atoms with Crippen molar-refractivity contribution < 1.29 is 23.5 Å². The summed E-state index contributed by atoms with van der Waals surface area (Å²) in [5, 5.41) is 3.02. The minimum absolute atomic E-state index is 0.148. The van der Waals surface area contributed by atoms with Gasteiger partial charge in [-0.1, -0.05) is 62.4 Å². The van der Waals surface area contributed by atoms with Crippen molar-refractivity contribution in [1.82, 2.24) is 10.2 Å². The largest absolute Gasteiger partial charge is 0.486 e. The monoisotopic (exact) mass is 518 g/mol. The molecule has 0 radical (unpaired) electrons. The average molecular weight is 519 g/mol. The third-order valence-electron chi connectivity index (χ3n) is 6.46. The second-order valence-electron chi connectivity index (χ2n) is 9.97. The van der Waals surface area contributed by atoms with Gasteiger partial charge in [0.2, 0.25) is 11.8 Å². The van der Waals surface area contributed by atoms with E-state index in [0.29, 0.717) is 44.1 Å². The summed E-state index contributed by atoms with van der Waals surface area (Å²) < 4.78 is 24.9. The standard InChI is InChI=1S/C31H35FN2O4/c1-22(2)20-33-31(36)27(18-23-6-4-3-5-7-23)34(21-25-8-12-26(32)13-9-25)30(35)15-11-24-10-14-28-29(19-24)38-17-16-37-28/h3-10,12-14,19,22,27H,11,15-18,20-21H2,1-2H3,(H,33,36)/t27-/m1/s1. The van der Waals surface area contributed by atoms with E-state index >= 15 is 0 Å². The molecule has 1 heterocycles. The number of hydrogen-bond donors (Lipinski definition) is 1. The van der Waals surface area contributed by atoms with Crippen molar-refractivity contribution in [2.75, 3.05) is 19.8 Å². The third kappa shape index (κ3) is 7.57. The van der Waals surface area contributed by atoms with Gasteiger partial charge in [0.05, 0.1) is 0 Å². The highest BCUT2D eigenvalue weighted by Crippen LogP contribution is 2.31. The average Bonchev–Trinajstić information content (AvgIpc) is 2.93. The van der Waals surface area contributed by atoms with Crippen LogP contribution in [0.1, 0.15) is 37.0 Å². The molecule has 2 amide bonds. The van der Waals surface area contributed by atoms with Gasteiger partial charge in [-0.25, -0.2) is 4.39 Å². The van der Waals surface area contributed by atoms with Gasteiger partial charge < -0.3 is 19.7 Å². The molecule has 0 fully saturated rings. The zero-order valence-corrected chi connectivity index (χ0v) is 22.0. The molecular weight excluding hydrogens is 483 g/mol. The van der Waals surface area contributed by atoms with Crippen LogP contribution >= 0.6 is 0 Å². The maximum absolute atomic E-state index is 13.8. The molecule has 38 heavy (non-hydrogen) atoms. The minimum atomic E-state index is -0.714. The third-order valence-corrected chi connectivity index (χ3v) is 6.46. The number of ether oxygens (including phenoxy) is 2. The molecule has 6 nitrogen and oxygen atoms in total. The fraction of sp³-hybridized carbons (Fsp3) is 0.355. The highest BCUT2D eigenvalue weighted by molar-refractivity contribution is 5.88. The molecule has 3 aromatic carbocycles. The Hall–Kier alpha value is -3.87. The van der Waals surface area contributed by atoms with E-state index in [0.717, 1.165) is 16.7 Å². The highest BCUT2D eigenvalue weighted by atomic mass is 19.1. The summed E-state index contributed by atoms with van der Waals surface area (Å²) in [6.45, 7) is 5.79. The molecule has 0 aromatic heterocycles. The van der Waals surface area contributed by atoms with Gasteiger partial charge in [0.15, 0.2) is 11.5 Å². The van der Waals surface area contributed by atoms with Crippen molar-refractivity contribution in [3.8, 4) is 11.5 Å². The quantitative estimate of drug-likeness (QED) is 0.390. The van der Waals surface area contributed by atoms with Crippen LogP contribution in [-0.4, -0.2) is 42.5 Å². The summed E-state index contributed by atoms with van der Waals surface area (Å²) in [4.78, 5) is 28.9. The summed E-state index contributed by atoms with van der Waals surface area (Å²) in [6.07, 6.45) is 1.08. The van der Waals surface area contributed by atoms with Gasteiger partial charge in [-0.15, -0.1) is 0 Å². The molecule has 0 spiro atoms. The molecule has 1 N–H and O–H groups in total. The maximum atomic E-state index is 13.8. The first-order valence-corrected chi connectivity index (χ1v) is 13.1. The van der Waals surface area contributed by atoms with Crippen molar-refractivity contribution in [2.45, 2.75) is 45.7 Å². The lowest BCUT2D eigenvalue weighted by molar-refractivity contribution is -0.141. The van der Waals surface area contributed by atoms with Crippen molar-refractivity contribution >= 4 is 11.8 Å². The van der Waals surface area contributed by atoms with Crippen LogP contribution in [0, 0.1) is 11.7 Å². The number of halogens is 1. The van der Waals surface area contributed by atoms with E-state index in [4.69, 9.17) is 9.47 Å². The van der Waals surface area contributed by atoms with Crippen LogP contribution in [-0.2, 0) is 29.0 Å². The van der Waals surface area contributed by atoms with E-state index < -0.39 is 6.04 Å².